The predicted molar refractivity (Wildman–Crippen MR) is 82.2 cm³/mol. The summed E-state index contributed by atoms with van der Waals surface area (Å²) in [7, 11) is 0. The Kier molecular flexibility index (Phi) is 5.27. The molecule has 2 unspecified atom stereocenters. The van der Waals surface area contributed by atoms with Gasteiger partial charge in [-0.05, 0) is 30.2 Å². The van der Waals surface area contributed by atoms with Gasteiger partial charge in [0.2, 0.25) is 0 Å². The zero-order valence-corrected chi connectivity index (χ0v) is 12.8. The van der Waals surface area contributed by atoms with E-state index in [9.17, 15) is 10.2 Å². The summed E-state index contributed by atoms with van der Waals surface area (Å²) >= 11 is 6.08. The van der Waals surface area contributed by atoms with Crippen LogP contribution in [0.25, 0.3) is 0 Å². The summed E-state index contributed by atoms with van der Waals surface area (Å²) in [5.41, 5.74) is 2.13. The lowest BCUT2D eigenvalue weighted by Gasteiger charge is -2.22. The third-order valence-corrected chi connectivity index (χ3v) is 3.75. The van der Waals surface area contributed by atoms with E-state index < -0.39 is 12.2 Å². The third kappa shape index (κ3) is 3.85. The molecule has 20 heavy (non-hydrogen) atoms. The molecule has 4 nitrogen and oxygen atoms in total. The normalized spacial score (nSPS) is 22.8. The largest absolute Gasteiger partial charge is 0.389 e. The molecule has 112 valence electrons. The van der Waals surface area contributed by atoms with E-state index in [4.69, 9.17) is 11.6 Å². The fourth-order valence-corrected chi connectivity index (χ4v) is 2.61. The number of aliphatic hydroxyl groups excluding tert-OH is 2. The van der Waals surface area contributed by atoms with Crippen LogP contribution in [0.4, 0.5) is 5.69 Å². The molecule has 2 atom stereocenters. The van der Waals surface area contributed by atoms with E-state index in [2.05, 4.69) is 19.2 Å². The lowest BCUT2D eigenvalue weighted by atomic mass is 10.1. The highest BCUT2D eigenvalue weighted by atomic mass is 35.5. The number of benzene rings is 1. The summed E-state index contributed by atoms with van der Waals surface area (Å²) in [4.78, 5) is 1.99. The Morgan fingerprint density at radius 1 is 1.30 bits per heavy atom. The summed E-state index contributed by atoms with van der Waals surface area (Å²) in [6, 6.07) is 5.78. The summed E-state index contributed by atoms with van der Waals surface area (Å²) < 4.78 is 0. The van der Waals surface area contributed by atoms with Crippen LogP contribution in [0.2, 0.25) is 5.02 Å². The molecule has 2 rings (SSSR count). The molecule has 0 aromatic heterocycles. The van der Waals surface area contributed by atoms with Gasteiger partial charge in [0.15, 0.2) is 0 Å². The van der Waals surface area contributed by atoms with E-state index in [1.165, 1.54) is 0 Å². The van der Waals surface area contributed by atoms with Crippen LogP contribution in [-0.2, 0) is 6.54 Å². The van der Waals surface area contributed by atoms with Crippen LogP contribution in [0.1, 0.15) is 19.4 Å². The van der Waals surface area contributed by atoms with Crippen LogP contribution < -0.4 is 10.2 Å². The number of rotatable bonds is 5. The minimum absolute atomic E-state index is 0.443. The van der Waals surface area contributed by atoms with Crippen molar-refractivity contribution in [1.29, 1.82) is 0 Å². The van der Waals surface area contributed by atoms with Crippen molar-refractivity contribution in [3.8, 4) is 0 Å². The Morgan fingerprint density at radius 2 is 1.95 bits per heavy atom. The number of nitrogens with zero attached hydrogens (tertiary/aromatic N) is 1. The second-order valence-electron chi connectivity index (χ2n) is 5.84. The van der Waals surface area contributed by atoms with Crippen molar-refractivity contribution in [2.75, 3.05) is 24.5 Å². The molecule has 1 heterocycles. The molecule has 1 fully saturated rings. The first-order chi connectivity index (χ1) is 9.47. The van der Waals surface area contributed by atoms with Crippen LogP contribution in [0.15, 0.2) is 18.2 Å². The first-order valence-electron chi connectivity index (χ1n) is 7.07. The number of hydrogen-bond donors (Lipinski definition) is 3. The van der Waals surface area contributed by atoms with Crippen LogP contribution >= 0.6 is 11.6 Å². The Morgan fingerprint density at radius 3 is 2.55 bits per heavy atom. The summed E-state index contributed by atoms with van der Waals surface area (Å²) in [6.45, 7) is 6.93. The highest BCUT2D eigenvalue weighted by Gasteiger charge is 2.30. The maximum atomic E-state index is 9.70. The molecule has 1 saturated heterocycles. The smallest absolute Gasteiger partial charge is 0.0990 e. The molecule has 0 bridgehead atoms. The van der Waals surface area contributed by atoms with Crippen molar-refractivity contribution in [1.82, 2.24) is 5.32 Å². The van der Waals surface area contributed by atoms with Gasteiger partial charge in [0.1, 0.15) is 0 Å². The fraction of sp³-hybridized carbons (Fsp3) is 0.600. The number of anilines is 1. The number of nitrogens with one attached hydrogen (secondary N) is 1. The molecule has 0 radical (unpaired) electrons. The molecule has 1 aromatic rings. The fourth-order valence-electron chi connectivity index (χ4n) is 2.44. The standard InChI is InChI=1S/C15H23ClN2O2/c1-10(2)6-17-7-11-3-4-12(16)5-13(11)18-8-14(19)15(20)9-18/h3-5,10,14-15,17,19-20H,6-9H2,1-2H3. The number of hydrogen-bond acceptors (Lipinski definition) is 4. The zero-order valence-electron chi connectivity index (χ0n) is 12.0. The Bertz CT molecular complexity index is 443. The van der Waals surface area contributed by atoms with E-state index >= 15 is 0 Å². The molecule has 1 aliphatic rings. The predicted octanol–water partition coefficient (Wildman–Crippen LogP) is 1.63. The zero-order chi connectivity index (χ0) is 14.7. The highest BCUT2D eigenvalue weighted by Crippen LogP contribution is 2.28. The molecule has 0 aliphatic carbocycles. The second kappa shape index (κ2) is 6.76. The molecule has 1 aromatic carbocycles. The Labute approximate surface area is 125 Å². The van der Waals surface area contributed by atoms with Crippen molar-refractivity contribution in [3.05, 3.63) is 28.8 Å². The van der Waals surface area contributed by atoms with Crippen LogP contribution in [0.5, 0.6) is 0 Å². The van der Waals surface area contributed by atoms with Crippen molar-refractivity contribution in [2.24, 2.45) is 5.92 Å². The van der Waals surface area contributed by atoms with Crippen LogP contribution in [-0.4, -0.2) is 42.1 Å². The van der Waals surface area contributed by atoms with Gasteiger partial charge in [-0.25, -0.2) is 0 Å². The lowest BCUT2D eigenvalue weighted by Crippen LogP contribution is -2.25. The van der Waals surface area contributed by atoms with Gasteiger partial charge < -0.3 is 20.4 Å². The summed E-state index contributed by atoms with van der Waals surface area (Å²) in [6.07, 6.45) is -1.38. The van der Waals surface area contributed by atoms with Gasteiger partial charge in [-0.15, -0.1) is 0 Å². The van der Waals surface area contributed by atoms with Gasteiger partial charge >= 0.3 is 0 Å². The topological polar surface area (TPSA) is 55.7 Å². The molecular formula is C15H23ClN2O2. The van der Waals surface area contributed by atoms with Gasteiger partial charge in [0.25, 0.3) is 0 Å². The first kappa shape index (κ1) is 15.6. The maximum Gasteiger partial charge on any atom is 0.0990 e. The van der Waals surface area contributed by atoms with E-state index in [-0.39, 0.29) is 0 Å². The quantitative estimate of drug-likeness (QED) is 0.773. The van der Waals surface area contributed by atoms with Crippen molar-refractivity contribution in [2.45, 2.75) is 32.6 Å². The molecule has 0 amide bonds. The summed E-state index contributed by atoms with van der Waals surface area (Å²) in [5.74, 6) is 0.598. The maximum absolute atomic E-state index is 9.70. The first-order valence-corrected chi connectivity index (χ1v) is 7.45. The van der Waals surface area contributed by atoms with E-state index in [0.29, 0.717) is 24.0 Å². The third-order valence-electron chi connectivity index (χ3n) is 3.52. The van der Waals surface area contributed by atoms with Crippen molar-refractivity contribution in [3.63, 3.8) is 0 Å². The average molecular weight is 299 g/mol. The van der Waals surface area contributed by atoms with Gasteiger partial charge in [0.05, 0.1) is 12.2 Å². The molecular weight excluding hydrogens is 276 g/mol. The number of aliphatic hydroxyl groups is 2. The minimum atomic E-state index is -0.689. The SMILES string of the molecule is CC(C)CNCc1ccc(Cl)cc1N1CC(O)C(O)C1. The average Bonchev–Trinajstić information content (AvgIpc) is 2.71. The van der Waals surface area contributed by atoms with E-state index in [0.717, 1.165) is 24.3 Å². The lowest BCUT2D eigenvalue weighted by molar-refractivity contribution is 0.0572. The van der Waals surface area contributed by atoms with Gasteiger partial charge in [-0.1, -0.05) is 31.5 Å². The molecule has 3 N–H and O–H groups in total. The van der Waals surface area contributed by atoms with Gasteiger partial charge in [0, 0.05) is 30.3 Å². The highest BCUT2D eigenvalue weighted by molar-refractivity contribution is 6.30. The summed E-state index contributed by atoms with van der Waals surface area (Å²) in [5, 5.41) is 23.5. The monoisotopic (exact) mass is 298 g/mol. The molecule has 5 heteroatoms. The van der Waals surface area contributed by atoms with Gasteiger partial charge in [-0.3, -0.25) is 0 Å². The number of β-amino-alcohol motifs (C(OH)–C–C–N with tert-alkyl or cyclic N) is 2. The minimum Gasteiger partial charge on any atom is -0.389 e. The Hall–Kier alpha value is -0.810. The van der Waals surface area contributed by atoms with Crippen LogP contribution in [0, 0.1) is 5.92 Å². The van der Waals surface area contributed by atoms with Crippen molar-refractivity contribution >= 4 is 17.3 Å². The van der Waals surface area contributed by atoms with E-state index in [1.54, 1.807) is 0 Å². The Balaban J connectivity index is 2.12. The second-order valence-corrected chi connectivity index (χ2v) is 6.27. The van der Waals surface area contributed by atoms with Gasteiger partial charge in [-0.2, -0.15) is 0 Å². The van der Waals surface area contributed by atoms with Crippen LogP contribution in [0.3, 0.4) is 0 Å². The van der Waals surface area contributed by atoms with E-state index in [1.807, 2.05) is 23.1 Å². The number of halogens is 1. The molecule has 0 saturated carbocycles. The van der Waals surface area contributed by atoms with Crippen molar-refractivity contribution < 1.29 is 10.2 Å². The molecule has 1 aliphatic heterocycles. The molecule has 0 spiro atoms.